The van der Waals surface area contributed by atoms with E-state index in [2.05, 4.69) is 22.9 Å². The highest BCUT2D eigenvalue weighted by Crippen LogP contribution is 2.22. The van der Waals surface area contributed by atoms with Gasteiger partial charge in [-0.3, -0.25) is 0 Å². The number of hydrogen-bond acceptors (Lipinski definition) is 1. The molecule has 0 aromatic heterocycles. The van der Waals surface area contributed by atoms with Crippen molar-refractivity contribution in [2.24, 2.45) is 0 Å². The lowest BCUT2D eigenvalue weighted by Crippen LogP contribution is -2.14. The third kappa shape index (κ3) is 1.31. The van der Waals surface area contributed by atoms with Crippen molar-refractivity contribution in [2.45, 2.75) is 25.6 Å². The third-order valence-electron chi connectivity index (χ3n) is 1.45. The molecule has 3 heteroatoms. The summed E-state index contributed by atoms with van der Waals surface area (Å²) in [4.78, 5) is 0. The van der Waals surface area contributed by atoms with Gasteiger partial charge in [0.25, 0.3) is 0 Å². The van der Waals surface area contributed by atoms with Gasteiger partial charge in [-0.25, -0.2) is 7.50 Å². The summed E-state index contributed by atoms with van der Waals surface area (Å²) in [5.74, 6) is 0. The van der Waals surface area contributed by atoms with Crippen LogP contribution in [0.2, 0.25) is 0 Å². The number of nitrogens with zero attached hydrogens (tertiary/aromatic N) is 1. The summed E-state index contributed by atoms with van der Waals surface area (Å²) in [6, 6.07) is 0.436. The van der Waals surface area contributed by atoms with Gasteiger partial charge in [-0.15, -0.1) is 0 Å². The second kappa shape index (κ2) is 2.47. The van der Waals surface area contributed by atoms with E-state index in [0.29, 0.717) is 19.0 Å². The molecule has 0 amide bonds. The summed E-state index contributed by atoms with van der Waals surface area (Å²) in [5, 5.41) is 0. The largest absolute Gasteiger partial charge is 0.246 e. The van der Waals surface area contributed by atoms with E-state index in [1.807, 2.05) is 10.0 Å². The molecular weight excluding hydrogens is 220 g/mol. The summed E-state index contributed by atoms with van der Waals surface area (Å²) in [6.45, 7) is 2.66. The first-order chi connectivity index (χ1) is 3.70. The Labute approximate surface area is 62.7 Å². The van der Waals surface area contributed by atoms with Crippen LogP contribution >= 0.6 is 22.9 Å². The second-order valence-corrected chi connectivity index (χ2v) is 3.50. The van der Waals surface area contributed by atoms with Crippen molar-refractivity contribution in [3.8, 4) is 0 Å². The Bertz CT molecular complexity index is 78.5. The van der Waals surface area contributed by atoms with Crippen molar-refractivity contribution in [2.75, 3.05) is 6.54 Å². The van der Waals surface area contributed by atoms with Crippen molar-refractivity contribution in [3.05, 3.63) is 0 Å². The van der Waals surface area contributed by atoms with Crippen LogP contribution in [-0.4, -0.2) is 21.9 Å². The summed E-state index contributed by atoms with van der Waals surface area (Å²) >= 11 is 2.17. The summed E-state index contributed by atoms with van der Waals surface area (Å²) in [7, 11) is 0. The van der Waals surface area contributed by atoms with Gasteiger partial charge in [0, 0.05) is 35.5 Å². The van der Waals surface area contributed by atoms with Gasteiger partial charge in [-0.05, 0) is 13.3 Å². The van der Waals surface area contributed by atoms with Crippen molar-refractivity contribution in [1.82, 2.24) is 3.11 Å². The van der Waals surface area contributed by atoms with Crippen LogP contribution in [0.5, 0.6) is 0 Å². The Balaban J connectivity index is 2.39. The molecule has 1 saturated heterocycles. The molecule has 0 radical (unpaired) electrons. The average Bonchev–Trinajstić information content (AvgIpc) is 1.85. The van der Waals surface area contributed by atoms with Crippen LogP contribution in [-0.2, 0) is 0 Å². The van der Waals surface area contributed by atoms with Crippen LogP contribution in [0.1, 0.15) is 13.3 Å². The quantitative estimate of drug-likeness (QED) is 0.452. The molecular formula is C5H9FIN. The molecule has 0 aliphatic carbocycles. The molecule has 1 heterocycles. The minimum Gasteiger partial charge on any atom is -0.246 e. The fourth-order valence-corrected chi connectivity index (χ4v) is 1.58. The maximum absolute atomic E-state index is 12.4. The minimum atomic E-state index is -0.582. The van der Waals surface area contributed by atoms with Crippen molar-refractivity contribution < 1.29 is 4.39 Å². The molecule has 1 unspecified atom stereocenters. The molecule has 0 N–H and O–H groups in total. The molecule has 8 heavy (non-hydrogen) atoms. The predicted molar refractivity (Wildman–Crippen MR) is 39.7 cm³/mol. The topological polar surface area (TPSA) is 3.24 Å². The maximum Gasteiger partial charge on any atom is 0.115 e. The zero-order chi connectivity index (χ0) is 6.15. The van der Waals surface area contributed by atoms with E-state index in [4.69, 9.17) is 0 Å². The molecule has 48 valence electrons. The fourth-order valence-electron chi connectivity index (χ4n) is 0.928. The summed E-state index contributed by atoms with van der Waals surface area (Å²) < 4.78 is 14.4. The van der Waals surface area contributed by atoms with Gasteiger partial charge >= 0.3 is 0 Å². The van der Waals surface area contributed by atoms with Crippen LogP contribution in [0.25, 0.3) is 0 Å². The Morgan fingerprint density at radius 2 is 2.38 bits per heavy atom. The molecule has 0 saturated carbocycles. The Morgan fingerprint density at radius 3 is 2.50 bits per heavy atom. The molecule has 0 aromatic carbocycles. The first-order valence-corrected chi connectivity index (χ1v) is 3.73. The number of rotatable bonds is 0. The first kappa shape index (κ1) is 6.74. The SMILES string of the molecule is CC1C[C@@H](F)CN1I. The third-order valence-corrected chi connectivity index (χ3v) is 2.79. The van der Waals surface area contributed by atoms with Crippen molar-refractivity contribution >= 4 is 22.9 Å². The van der Waals surface area contributed by atoms with Gasteiger partial charge in [0.05, 0.1) is 0 Å². The highest BCUT2D eigenvalue weighted by Gasteiger charge is 2.26. The van der Waals surface area contributed by atoms with Gasteiger partial charge in [0.2, 0.25) is 0 Å². The van der Waals surface area contributed by atoms with Gasteiger partial charge in [0.1, 0.15) is 6.17 Å². The molecule has 2 atom stereocenters. The van der Waals surface area contributed by atoms with Gasteiger partial charge < -0.3 is 0 Å². The molecule has 1 aliphatic heterocycles. The fraction of sp³-hybridized carbons (Fsp3) is 1.00. The van der Waals surface area contributed by atoms with Gasteiger partial charge in [0.15, 0.2) is 0 Å². The van der Waals surface area contributed by atoms with Gasteiger partial charge in [-0.2, -0.15) is 0 Å². The average molecular weight is 229 g/mol. The molecule has 1 fully saturated rings. The van der Waals surface area contributed by atoms with Crippen LogP contribution in [0.3, 0.4) is 0 Å². The monoisotopic (exact) mass is 229 g/mol. The standard InChI is InChI=1S/C5H9FIN/c1-4-2-5(6)3-8(4)7/h4-5H,2-3H2,1H3/t4?,5-/m1/s1. The highest BCUT2D eigenvalue weighted by atomic mass is 127. The Morgan fingerprint density at radius 1 is 1.75 bits per heavy atom. The highest BCUT2D eigenvalue weighted by molar-refractivity contribution is 14.1. The number of hydrogen-bond donors (Lipinski definition) is 0. The zero-order valence-electron chi connectivity index (χ0n) is 4.77. The smallest absolute Gasteiger partial charge is 0.115 e. The molecule has 1 aliphatic rings. The Kier molecular flexibility index (Phi) is 2.08. The molecule has 0 aromatic rings. The lowest BCUT2D eigenvalue weighted by atomic mass is 10.2. The van der Waals surface area contributed by atoms with E-state index >= 15 is 0 Å². The zero-order valence-corrected chi connectivity index (χ0v) is 6.93. The summed E-state index contributed by atoms with van der Waals surface area (Å²) in [6.07, 6.45) is 0.130. The minimum absolute atomic E-state index is 0.436. The maximum atomic E-state index is 12.4. The van der Waals surface area contributed by atoms with Crippen LogP contribution in [0, 0.1) is 0 Å². The van der Waals surface area contributed by atoms with E-state index in [9.17, 15) is 4.39 Å². The van der Waals surface area contributed by atoms with E-state index in [0.717, 1.165) is 0 Å². The molecule has 1 nitrogen and oxygen atoms in total. The lowest BCUT2D eigenvalue weighted by Gasteiger charge is -2.08. The molecule has 0 spiro atoms. The number of alkyl halides is 1. The van der Waals surface area contributed by atoms with E-state index < -0.39 is 6.17 Å². The van der Waals surface area contributed by atoms with E-state index in [-0.39, 0.29) is 0 Å². The first-order valence-electron chi connectivity index (χ1n) is 2.76. The van der Waals surface area contributed by atoms with Crippen LogP contribution in [0.4, 0.5) is 4.39 Å². The second-order valence-electron chi connectivity index (χ2n) is 2.26. The van der Waals surface area contributed by atoms with Crippen LogP contribution in [0.15, 0.2) is 0 Å². The Hall–Kier alpha value is 0.620. The molecule has 0 bridgehead atoms. The van der Waals surface area contributed by atoms with Crippen molar-refractivity contribution in [1.29, 1.82) is 0 Å². The van der Waals surface area contributed by atoms with Gasteiger partial charge in [-0.1, -0.05) is 0 Å². The summed E-state index contributed by atoms with van der Waals surface area (Å²) in [5.41, 5.74) is 0. The lowest BCUT2D eigenvalue weighted by molar-refractivity contribution is 0.352. The van der Waals surface area contributed by atoms with E-state index in [1.54, 1.807) is 0 Å². The predicted octanol–water partition coefficient (Wildman–Crippen LogP) is 1.77. The van der Waals surface area contributed by atoms with Crippen molar-refractivity contribution in [3.63, 3.8) is 0 Å². The number of halogens is 2. The van der Waals surface area contributed by atoms with E-state index in [1.165, 1.54) is 0 Å². The molecule has 1 rings (SSSR count). The normalized spacial score (nSPS) is 40.9. The van der Waals surface area contributed by atoms with Crippen LogP contribution < -0.4 is 0 Å².